The predicted molar refractivity (Wildman–Crippen MR) is 147 cm³/mol. The minimum atomic E-state index is -0.504. The van der Waals surface area contributed by atoms with Crippen LogP contribution in [-0.4, -0.2) is 59.0 Å². The molecule has 0 radical (unpaired) electrons. The van der Waals surface area contributed by atoms with E-state index in [1.807, 2.05) is 28.9 Å². The van der Waals surface area contributed by atoms with Crippen molar-refractivity contribution in [3.05, 3.63) is 66.1 Å². The van der Waals surface area contributed by atoms with Crippen LogP contribution in [0.2, 0.25) is 0 Å². The van der Waals surface area contributed by atoms with E-state index in [0.717, 1.165) is 61.5 Å². The molecule has 2 aromatic carbocycles. The molecule has 0 aliphatic carbocycles. The second kappa shape index (κ2) is 10.5. The summed E-state index contributed by atoms with van der Waals surface area (Å²) in [6.45, 7) is 4.79. The van der Waals surface area contributed by atoms with Gasteiger partial charge >= 0.3 is 0 Å². The summed E-state index contributed by atoms with van der Waals surface area (Å²) in [5.74, 6) is 1.79. The standard InChI is InChI=1S/C29H33FN6O2/c1-37-23-9-6-20(7-10-23)18-36-28-27(26(12-13-32-28)38-25-11-8-21(31)17-24(25)30)29(33-36)35-16-4-5-22(35)19-34-14-2-3-15-34/h6-13,17,22H,2-5,14-16,18-19,31H2,1H3. The van der Waals surface area contributed by atoms with Gasteiger partial charge in [0.15, 0.2) is 23.0 Å². The van der Waals surface area contributed by atoms with Crippen LogP contribution in [0.1, 0.15) is 31.2 Å². The summed E-state index contributed by atoms with van der Waals surface area (Å²) in [4.78, 5) is 9.67. The Balaban J connectivity index is 1.41. The third-order valence-corrected chi connectivity index (χ3v) is 7.56. The highest BCUT2D eigenvalue weighted by molar-refractivity contribution is 5.94. The number of hydrogen-bond acceptors (Lipinski definition) is 7. The first-order valence-electron chi connectivity index (χ1n) is 13.3. The average molecular weight is 517 g/mol. The number of likely N-dealkylation sites (tertiary alicyclic amines) is 1. The highest BCUT2D eigenvalue weighted by Gasteiger charge is 2.32. The first-order valence-corrected chi connectivity index (χ1v) is 13.3. The molecule has 2 aliphatic rings. The van der Waals surface area contributed by atoms with Gasteiger partial charge in [-0.15, -0.1) is 0 Å². The number of hydrogen-bond donors (Lipinski definition) is 1. The Morgan fingerprint density at radius 3 is 2.58 bits per heavy atom. The van der Waals surface area contributed by atoms with Crippen molar-refractivity contribution in [1.29, 1.82) is 0 Å². The molecule has 38 heavy (non-hydrogen) atoms. The van der Waals surface area contributed by atoms with Gasteiger partial charge in [-0.2, -0.15) is 5.10 Å². The van der Waals surface area contributed by atoms with E-state index in [1.165, 1.54) is 18.9 Å². The zero-order valence-electron chi connectivity index (χ0n) is 21.6. The SMILES string of the molecule is COc1ccc(Cn2nc(N3CCCC3CN3CCCC3)c3c(Oc4ccc(N)cc4F)ccnc32)cc1. The Bertz CT molecular complexity index is 1420. The second-order valence-electron chi connectivity index (χ2n) is 10.1. The van der Waals surface area contributed by atoms with Gasteiger partial charge in [0.1, 0.15) is 16.9 Å². The predicted octanol–water partition coefficient (Wildman–Crippen LogP) is 5.07. The fourth-order valence-corrected chi connectivity index (χ4v) is 5.64. The molecule has 4 aromatic rings. The molecule has 2 aromatic heterocycles. The number of aromatic nitrogens is 3. The zero-order chi connectivity index (χ0) is 26.1. The second-order valence-corrected chi connectivity index (χ2v) is 10.1. The normalized spacial score (nSPS) is 17.9. The monoisotopic (exact) mass is 516 g/mol. The molecular weight excluding hydrogens is 483 g/mol. The van der Waals surface area contributed by atoms with Crippen molar-refractivity contribution in [1.82, 2.24) is 19.7 Å². The van der Waals surface area contributed by atoms with E-state index in [0.29, 0.717) is 29.7 Å². The smallest absolute Gasteiger partial charge is 0.167 e. The van der Waals surface area contributed by atoms with E-state index >= 15 is 0 Å². The topological polar surface area (TPSA) is 81.7 Å². The molecule has 1 unspecified atom stereocenters. The maximum absolute atomic E-state index is 14.7. The number of ether oxygens (including phenoxy) is 2. The van der Waals surface area contributed by atoms with Crippen LogP contribution >= 0.6 is 0 Å². The average Bonchev–Trinajstić information content (AvgIpc) is 3.68. The van der Waals surface area contributed by atoms with Crippen molar-refractivity contribution in [3.63, 3.8) is 0 Å². The maximum atomic E-state index is 14.7. The Morgan fingerprint density at radius 1 is 1.00 bits per heavy atom. The third-order valence-electron chi connectivity index (χ3n) is 7.56. The van der Waals surface area contributed by atoms with E-state index in [4.69, 9.17) is 25.3 Å². The molecule has 0 amide bonds. The van der Waals surface area contributed by atoms with Crippen molar-refractivity contribution < 1.29 is 13.9 Å². The molecule has 0 saturated carbocycles. The van der Waals surface area contributed by atoms with Gasteiger partial charge in [-0.3, -0.25) is 0 Å². The molecule has 9 heteroatoms. The Kier molecular flexibility index (Phi) is 6.76. The lowest BCUT2D eigenvalue weighted by molar-refractivity contribution is 0.313. The molecule has 8 nitrogen and oxygen atoms in total. The largest absolute Gasteiger partial charge is 0.497 e. The fourth-order valence-electron chi connectivity index (χ4n) is 5.64. The lowest BCUT2D eigenvalue weighted by atomic mass is 10.2. The van der Waals surface area contributed by atoms with Gasteiger partial charge in [0, 0.05) is 43.1 Å². The summed E-state index contributed by atoms with van der Waals surface area (Å²) < 4.78 is 28.1. The van der Waals surface area contributed by atoms with Crippen LogP contribution in [-0.2, 0) is 6.54 Å². The summed E-state index contributed by atoms with van der Waals surface area (Å²) in [6, 6.07) is 14.6. The Labute approximate surface area is 221 Å². The van der Waals surface area contributed by atoms with Gasteiger partial charge in [-0.05, 0) is 68.6 Å². The number of pyridine rings is 1. The molecule has 2 N–H and O–H groups in total. The van der Waals surface area contributed by atoms with Gasteiger partial charge in [0.05, 0.1) is 13.7 Å². The summed E-state index contributed by atoms with van der Waals surface area (Å²) in [5.41, 5.74) is 7.89. The van der Waals surface area contributed by atoms with Gasteiger partial charge in [0.2, 0.25) is 0 Å². The first kappa shape index (κ1) is 24.5. The molecule has 0 bridgehead atoms. The molecule has 1 atom stereocenters. The lowest BCUT2D eigenvalue weighted by Crippen LogP contribution is -2.39. The number of nitrogen functional groups attached to an aromatic ring is 1. The van der Waals surface area contributed by atoms with E-state index in [-0.39, 0.29) is 5.75 Å². The maximum Gasteiger partial charge on any atom is 0.167 e. The van der Waals surface area contributed by atoms with E-state index in [2.05, 4.69) is 9.80 Å². The van der Waals surface area contributed by atoms with Gasteiger partial charge in [-0.1, -0.05) is 12.1 Å². The quantitative estimate of drug-likeness (QED) is 0.328. The number of benzene rings is 2. The highest BCUT2D eigenvalue weighted by atomic mass is 19.1. The number of nitrogens with zero attached hydrogens (tertiary/aromatic N) is 5. The van der Waals surface area contributed by atoms with Crippen LogP contribution in [0.25, 0.3) is 11.0 Å². The molecule has 2 saturated heterocycles. The lowest BCUT2D eigenvalue weighted by Gasteiger charge is -2.29. The molecule has 0 spiro atoms. The van der Waals surface area contributed by atoms with Crippen LogP contribution in [0, 0.1) is 5.82 Å². The van der Waals surface area contributed by atoms with E-state index in [1.54, 1.807) is 31.5 Å². The Hall–Kier alpha value is -3.85. The van der Waals surface area contributed by atoms with Crippen molar-refractivity contribution >= 4 is 22.5 Å². The fraction of sp³-hybridized carbons (Fsp3) is 0.379. The van der Waals surface area contributed by atoms with Crippen LogP contribution in [0.15, 0.2) is 54.7 Å². The van der Waals surface area contributed by atoms with E-state index in [9.17, 15) is 4.39 Å². The molecule has 6 rings (SSSR count). The molecular formula is C29H33FN6O2. The Morgan fingerprint density at radius 2 is 1.82 bits per heavy atom. The van der Waals surface area contributed by atoms with E-state index < -0.39 is 5.82 Å². The number of anilines is 2. The molecule has 4 heterocycles. The van der Waals surface area contributed by atoms with Crippen molar-refractivity contribution in [3.8, 4) is 17.2 Å². The van der Waals surface area contributed by atoms with Crippen LogP contribution in [0.4, 0.5) is 15.9 Å². The first-order chi connectivity index (χ1) is 18.6. The minimum Gasteiger partial charge on any atom is -0.497 e. The summed E-state index contributed by atoms with van der Waals surface area (Å²) in [6.07, 6.45) is 6.44. The number of fused-ring (bicyclic) bond motifs is 1. The number of halogens is 1. The number of methoxy groups -OCH3 is 1. The zero-order valence-corrected chi connectivity index (χ0v) is 21.6. The minimum absolute atomic E-state index is 0.121. The van der Waals surface area contributed by atoms with Crippen LogP contribution in [0.3, 0.4) is 0 Å². The van der Waals surface area contributed by atoms with Gasteiger partial charge in [-0.25, -0.2) is 14.1 Å². The number of rotatable bonds is 8. The molecule has 2 fully saturated rings. The molecule has 198 valence electrons. The number of nitrogens with two attached hydrogens (primary N) is 1. The highest BCUT2D eigenvalue weighted by Crippen LogP contribution is 2.39. The van der Waals surface area contributed by atoms with Crippen molar-refractivity contribution in [2.24, 2.45) is 0 Å². The van der Waals surface area contributed by atoms with Gasteiger partial charge < -0.3 is 25.0 Å². The third kappa shape index (κ3) is 4.86. The van der Waals surface area contributed by atoms with Crippen molar-refractivity contribution in [2.75, 3.05) is 43.9 Å². The summed E-state index contributed by atoms with van der Waals surface area (Å²) in [7, 11) is 1.66. The van der Waals surface area contributed by atoms with Crippen LogP contribution in [0.5, 0.6) is 17.2 Å². The summed E-state index contributed by atoms with van der Waals surface area (Å²) >= 11 is 0. The molecule has 2 aliphatic heterocycles. The van der Waals surface area contributed by atoms with Crippen LogP contribution < -0.4 is 20.1 Å². The van der Waals surface area contributed by atoms with Crippen molar-refractivity contribution in [2.45, 2.75) is 38.3 Å². The van der Waals surface area contributed by atoms with Gasteiger partial charge in [0.25, 0.3) is 0 Å². The summed E-state index contributed by atoms with van der Waals surface area (Å²) in [5, 5.41) is 5.91.